The van der Waals surface area contributed by atoms with E-state index in [1.165, 1.54) is 28.7 Å². The van der Waals surface area contributed by atoms with E-state index in [0.717, 1.165) is 5.69 Å². The Bertz CT molecular complexity index is 478. The van der Waals surface area contributed by atoms with Gasteiger partial charge in [-0.2, -0.15) is 5.10 Å². The summed E-state index contributed by atoms with van der Waals surface area (Å²) < 4.78 is 1.50. The number of rotatable bonds is 3. The molecule has 6 nitrogen and oxygen atoms in total. The van der Waals surface area contributed by atoms with E-state index in [9.17, 15) is 4.79 Å². The summed E-state index contributed by atoms with van der Waals surface area (Å²) in [5.41, 5.74) is 0.897. The molecule has 0 aliphatic heterocycles. The number of aryl methyl sites for hydroxylation is 1. The van der Waals surface area contributed by atoms with Crippen LogP contribution in [0.3, 0.4) is 0 Å². The molecule has 0 radical (unpaired) electrons. The summed E-state index contributed by atoms with van der Waals surface area (Å²) in [6.45, 7) is 3.64. The van der Waals surface area contributed by atoms with Gasteiger partial charge in [0.25, 0.3) is 5.91 Å². The molecule has 0 fully saturated rings. The number of carbonyl (C=O) groups excluding carboxylic acids is 1. The molecule has 0 saturated heterocycles. The first-order chi connectivity index (χ1) is 7.66. The molecule has 0 aliphatic carbocycles. The predicted molar refractivity (Wildman–Crippen MR) is 60.2 cm³/mol. The predicted octanol–water partition coefficient (Wildman–Crippen LogP) is 1.24. The fourth-order valence-electron chi connectivity index (χ4n) is 1.16. The van der Waals surface area contributed by atoms with Gasteiger partial charge in [0.2, 0.25) is 0 Å². The van der Waals surface area contributed by atoms with Crippen LogP contribution in [0.5, 0.6) is 0 Å². The van der Waals surface area contributed by atoms with Crippen molar-refractivity contribution in [2.75, 3.05) is 5.32 Å². The van der Waals surface area contributed by atoms with E-state index in [2.05, 4.69) is 20.4 Å². The molecule has 0 saturated carbocycles. The van der Waals surface area contributed by atoms with Crippen LogP contribution < -0.4 is 5.32 Å². The zero-order valence-electron chi connectivity index (χ0n) is 8.91. The van der Waals surface area contributed by atoms with Crippen LogP contribution in [0.25, 0.3) is 0 Å². The zero-order valence-corrected chi connectivity index (χ0v) is 9.73. The molecule has 1 atom stereocenters. The lowest BCUT2D eigenvalue weighted by molar-refractivity contribution is -0.119. The molecule has 16 heavy (non-hydrogen) atoms. The Hall–Kier alpha value is -1.76. The van der Waals surface area contributed by atoms with Crippen molar-refractivity contribution >= 4 is 22.4 Å². The molecule has 2 rings (SSSR count). The Kier molecular flexibility index (Phi) is 2.95. The first-order valence-electron chi connectivity index (χ1n) is 4.74. The molecule has 1 N–H and O–H groups in total. The zero-order chi connectivity index (χ0) is 11.5. The van der Waals surface area contributed by atoms with Crippen molar-refractivity contribution in [3.63, 3.8) is 0 Å². The highest BCUT2D eigenvalue weighted by Crippen LogP contribution is 2.16. The van der Waals surface area contributed by atoms with Crippen molar-refractivity contribution in [1.82, 2.24) is 19.7 Å². The molecular formula is C9H11N5OS. The van der Waals surface area contributed by atoms with Crippen molar-refractivity contribution < 1.29 is 4.79 Å². The molecule has 2 aromatic rings. The summed E-state index contributed by atoms with van der Waals surface area (Å²) >= 11 is 1.40. The first-order valence-corrected chi connectivity index (χ1v) is 5.62. The molecule has 0 unspecified atom stereocenters. The Labute approximate surface area is 96.3 Å². The van der Waals surface area contributed by atoms with Gasteiger partial charge in [-0.05, 0) is 13.8 Å². The van der Waals surface area contributed by atoms with Gasteiger partial charge in [0.05, 0.1) is 5.69 Å². The maximum absolute atomic E-state index is 11.8. The lowest BCUT2D eigenvalue weighted by Crippen LogP contribution is -2.23. The number of nitrogens with zero attached hydrogens (tertiary/aromatic N) is 4. The average Bonchev–Trinajstić information content (AvgIpc) is 2.88. The SMILES string of the molecule is Cc1csc(NC(=O)[C@@H](C)n2cncn2)n1. The number of amides is 1. The summed E-state index contributed by atoms with van der Waals surface area (Å²) in [7, 11) is 0. The van der Waals surface area contributed by atoms with E-state index in [0.29, 0.717) is 5.13 Å². The minimum Gasteiger partial charge on any atom is -0.300 e. The van der Waals surface area contributed by atoms with Crippen LogP contribution in [-0.2, 0) is 4.79 Å². The number of hydrogen-bond donors (Lipinski definition) is 1. The topological polar surface area (TPSA) is 72.7 Å². The Morgan fingerprint density at radius 3 is 3.00 bits per heavy atom. The summed E-state index contributed by atoms with van der Waals surface area (Å²) in [5.74, 6) is -0.153. The smallest absolute Gasteiger partial charge is 0.250 e. The number of anilines is 1. The quantitative estimate of drug-likeness (QED) is 0.871. The molecule has 2 aromatic heterocycles. The molecule has 0 aliphatic rings. The third kappa shape index (κ3) is 2.25. The normalized spacial score (nSPS) is 12.4. The van der Waals surface area contributed by atoms with Crippen molar-refractivity contribution in [1.29, 1.82) is 0 Å². The van der Waals surface area contributed by atoms with E-state index in [-0.39, 0.29) is 5.91 Å². The van der Waals surface area contributed by atoms with Crippen LogP contribution >= 0.6 is 11.3 Å². The lowest BCUT2D eigenvalue weighted by atomic mass is 10.3. The van der Waals surface area contributed by atoms with Crippen molar-refractivity contribution in [2.24, 2.45) is 0 Å². The van der Waals surface area contributed by atoms with Crippen molar-refractivity contribution in [3.8, 4) is 0 Å². The minimum atomic E-state index is -0.397. The Balaban J connectivity index is 2.03. The maximum atomic E-state index is 11.8. The fourth-order valence-corrected chi connectivity index (χ4v) is 1.85. The van der Waals surface area contributed by atoms with Crippen LogP contribution in [0.2, 0.25) is 0 Å². The highest BCUT2D eigenvalue weighted by molar-refractivity contribution is 7.13. The number of aromatic nitrogens is 4. The van der Waals surface area contributed by atoms with E-state index in [4.69, 9.17) is 0 Å². The van der Waals surface area contributed by atoms with Crippen molar-refractivity contribution in [2.45, 2.75) is 19.9 Å². The van der Waals surface area contributed by atoms with Gasteiger partial charge in [-0.25, -0.2) is 14.6 Å². The third-order valence-electron chi connectivity index (χ3n) is 2.06. The standard InChI is InChI=1S/C9H11N5OS/c1-6-3-16-9(12-6)13-8(15)7(2)14-5-10-4-11-14/h3-5,7H,1-2H3,(H,12,13,15)/t7-/m1/s1. The number of hydrogen-bond acceptors (Lipinski definition) is 5. The molecule has 7 heteroatoms. The molecule has 0 spiro atoms. The molecular weight excluding hydrogens is 226 g/mol. The molecule has 1 amide bonds. The number of carbonyl (C=O) groups is 1. The summed E-state index contributed by atoms with van der Waals surface area (Å²) in [6, 6.07) is -0.397. The molecule has 84 valence electrons. The summed E-state index contributed by atoms with van der Waals surface area (Å²) in [5, 5.41) is 9.13. The number of thiazole rings is 1. The molecule has 0 aromatic carbocycles. The van der Waals surface area contributed by atoms with Gasteiger partial charge in [0.15, 0.2) is 5.13 Å². The lowest BCUT2D eigenvalue weighted by Gasteiger charge is -2.09. The van der Waals surface area contributed by atoms with E-state index >= 15 is 0 Å². The summed E-state index contributed by atoms with van der Waals surface area (Å²) in [4.78, 5) is 19.7. The van der Waals surface area contributed by atoms with Crippen LogP contribution in [0.1, 0.15) is 18.7 Å². The minimum absolute atomic E-state index is 0.153. The highest BCUT2D eigenvalue weighted by Gasteiger charge is 2.16. The van der Waals surface area contributed by atoms with Gasteiger partial charge in [-0.15, -0.1) is 11.3 Å². The van der Waals surface area contributed by atoms with E-state index in [1.807, 2.05) is 12.3 Å². The second-order valence-electron chi connectivity index (χ2n) is 3.33. The van der Waals surface area contributed by atoms with Gasteiger partial charge >= 0.3 is 0 Å². The van der Waals surface area contributed by atoms with Gasteiger partial charge < -0.3 is 5.32 Å². The Morgan fingerprint density at radius 1 is 1.62 bits per heavy atom. The first kappa shape index (κ1) is 10.7. The summed E-state index contributed by atoms with van der Waals surface area (Å²) in [6.07, 6.45) is 2.91. The second-order valence-corrected chi connectivity index (χ2v) is 4.19. The van der Waals surface area contributed by atoms with Crippen LogP contribution in [-0.4, -0.2) is 25.7 Å². The number of nitrogens with one attached hydrogen (secondary N) is 1. The van der Waals surface area contributed by atoms with Crippen molar-refractivity contribution in [3.05, 3.63) is 23.7 Å². The maximum Gasteiger partial charge on any atom is 0.250 e. The largest absolute Gasteiger partial charge is 0.300 e. The van der Waals surface area contributed by atoms with Gasteiger partial charge in [0.1, 0.15) is 18.7 Å². The van der Waals surface area contributed by atoms with Crippen LogP contribution in [0, 0.1) is 6.92 Å². The van der Waals surface area contributed by atoms with Crippen LogP contribution in [0.4, 0.5) is 5.13 Å². The monoisotopic (exact) mass is 237 g/mol. The van der Waals surface area contributed by atoms with E-state index < -0.39 is 6.04 Å². The second kappa shape index (κ2) is 4.40. The van der Waals surface area contributed by atoms with Gasteiger partial charge in [-0.3, -0.25) is 4.79 Å². The van der Waals surface area contributed by atoms with Gasteiger partial charge in [-0.1, -0.05) is 0 Å². The van der Waals surface area contributed by atoms with Crippen LogP contribution in [0.15, 0.2) is 18.0 Å². The van der Waals surface area contributed by atoms with Gasteiger partial charge in [0, 0.05) is 5.38 Å². The highest BCUT2D eigenvalue weighted by atomic mass is 32.1. The third-order valence-corrected chi connectivity index (χ3v) is 2.94. The molecule has 0 bridgehead atoms. The molecule has 2 heterocycles. The Morgan fingerprint density at radius 2 is 2.44 bits per heavy atom. The fraction of sp³-hybridized carbons (Fsp3) is 0.333. The van der Waals surface area contributed by atoms with E-state index in [1.54, 1.807) is 6.92 Å². The average molecular weight is 237 g/mol.